The number of nitrogens with one attached hydrogen (secondary N) is 3. The van der Waals surface area contributed by atoms with Crippen LogP contribution in [0.25, 0.3) is 0 Å². The average molecular weight is 301 g/mol. The minimum atomic E-state index is -3.68. The third-order valence-corrected chi connectivity index (χ3v) is 4.71. The number of aromatic amines is 1. The first-order chi connectivity index (χ1) is 9.03. The molecule has 9 heteroatoms. The van der Waals surface area contributed by atoms with Crippen LogP contribution in [-0.2, 0) is 16.6 Å². The highest BCUT2D eigenvalue weighted by Gasteiger charge is 2.21. The molecule has 0 saturated heterocycles. The highest BCUT2D eigenvalue weighted by molar-refractivity contribution is 7.92. The number of aromatic nitrogens is 3. The minimum Gasteiger partial charge on any atom is -0.313 e. The first kappa shape index (κ1) is 14.0. The van der Waals surface area contributed by atoms with Crippen molar-refractivity contribution in [1.29, 1.82) is 0 Å². The van der Waals surface area contributed by atoms with Gasteiger partial charge < -0.3 is 5.32 Å². The third kappa shape index (κ3) is 3.31. The van der Waals surface area contributed by atoms with E-state index in [0.717, 1.165) is 12.2 Å². The van der Waals surface area contributed by atoms with Gasteiger partial charge in [0.25, 0.3) is 10.0 Å². The summed E-state index contributed by atoms with van der Waals surface area (Å²) < 4.78 is 26.9. The second-order valence-electron chi connectivity index (χ2n) is 3.90. The zero-order valence-corrected chi connectivity index (χ0v) is 12.2. The summed E-state index contributed by atoms with van der Waals surface area (Å²) >= 11 is 1.25. The average Bonchev–Trinajstić information content (AvgIpc) is 2.95. The van der Waals surface area contributed by atoms with E-state index in [1.165, 1.54) is 17.5 Å². The Balaban J connectivity index is 2.22. The smallest absolute Gasteiger partial charge is 0.280 e. The summed E-state index contributed by atoms with van der Waals surface area (Å²) in [6.07, 6.45) is 1.50. The van der Waals surface area contributed by atoms with Crippen molar-refractivity contribution in [2.75, 3.05) is 11.3 Å². The molecule has 0 saturated carbocycles. The monoisotopic (exact) mass is 301 g/mol. The summed E-state index contributed by atoms with van der Waals surface area (Å²) in [6.45, 7) is 4.95. The molecule has 0 atom stereocenters. The zero-order chi connectivity index (χ0) is 13.9. The van der Waals surface area contributed by atoms with E-state index in [1.54, 1.807) is 12.3 Å². The van der Waals surface area contributed by atoms with Gasteiger partial charge in [0, 0.05) is 17.5 Å². The van der Waals surface area contributed by atoms with E-state index in [0.29, 0.717) is 17.2 Å². The lowest BCUT2D eigenvalue weighted by Gasteiger charge is -2.05. The molecule has 0 aliphatic rings. The van der Waals surface area contributed by atoms with Gasteiger partial charge in [0.15, 0.2) is 10.2 Å². The van der Waals surface area contributed by atoms with Gasteiger partial charge in [-0.1, -0.05) is 6.92 Å². The van der Waals surface area contributed by atoms with Gasteiger partial charge >= 0.3 is 0 Å². The Morgan fingerprint density at radius 3 is 2.89 bits per heavy atom. The number of rotatable bonds is 6. The summed E-state index contributed by atoms with van der Waals surface area (Å²) in [6, 6.07) is 0. The van der Waals surface area contributed by atoms with Gasteiger partial charge in [-0.25, -0.2) is 4.98 Å². The van der Waals surface area contributed by atoms with Crippen LogP contribution in [-0.4, -0.2) is 30.1 Å². The SMILES string of the molecule is CCNCc1cn[nH]c1S(=O)(=O)Nc1nc(C)cs1. The summed E-state index contributed by atoms with van der Waals surface area (Å²) in [5, 5.41) is 11.6. The largest absolute Gasteiger partial charge is 0.313 e. The Hall–Kier alpha value is -1.45. The number of hydrogen-bond acceptors (Lipinski definition) is 6. The number of sulfonamides is 1. The van der Waals surface area contributed by atoms with Crippen LogP contribution in [0.2, 0.25) is 0 Å². The van der Waals surface area contributed by atoms with Gasteiger partial charge in [0.1, 0.15) is 0 Å². The number of anilines is 1. The molecule has 0 aliphatic heterocycles. The quantitative estimate of drug-likeness (QED) is 0.741. The van der Waals surface area contributed by atoms with Crippen molar-refractivity contribution in [2.24, 2.45) is 0 Å². The molecule has 2 aromatic heterocycles. The Morgan fingerprint density at radius 1 is 1.47 bits per heavy atom. The standard InChI is InChI=1S/C10H15N5O2S2/c1-3-11-4-8-5-12-14-9(8)19(16,17)15-10-13-7(2)6-18-10/h5-6,11H,3-4H2,1-2H3,(H,12,14)(H,13,15). The molecule has 0 fully saturated rings. The molecule has 3 N–H and O–H groups in total. The van der Waals surface area contributed by atoms with Crippen LogP contribution >= 0.6 is 11.3 Å². The van der Waals surface area contributed by atoms with Crippen molar-refractivity contribution in [3.8, 4) is 0 Å². The summed E-state index contributed by atoms with van der Waals surface area (Å²) in [5.74, 6) is 0. The molecular weight excluding hydrogens is 286 g/mol. The summed E-state index contributed by atoms with van der Waals surface area (Å²) in [5.41, 5.74) is 1.38. The Labute approximate surface area is 115 Å². The van der Waals surface area contributed by atoms with Crippen molar-refractivity contribution in [2.45, 2.75) is 25.4 Å². The Bertz CT molecular complexity index is 646. The van der Waals surface area contributed by atoms with Crippen LogP contribution in [0.15, 0.2) is 16.6 Å². The molecule has 0 spiro atoms. The van der Waals surface area contributed by atoms with Crippen LogP contribution in [0.1, 0.15) is 18.2 Å². The molecular formula is C10H15N5O2S2. The van der Waals surface area contributed by atoms with E-state index in [9.17, 15) is 8.42 Å². The van der Waals surface area contributed by atoms with Gasteiger partial charge in [-0.05, 0) is 13.5 Å². The van der Waals surface area contributed by atoms with Crippen molar-refractivity contribution in [1.82, 2.24) is 20.5 Å². The van der Waals surface area contributed by atoms with Crippen LogP contribution < -0.4 is 10.0 Å². The second kappa shape index (κ2) is 5.68. The molecule has 0 bridgehead atoms. The van der Waals surface area contributed by atoms with Crippen molar-refractivity contribution in [3.05, 3.63) is 22.8 Å². The number of aryl methyl sites for hydroxylation is 1. The molecule has 2 heterocycles. The zero-order valence-electron chi connectivity index (χ0n) is 10.6. The maximum absolute atomic E-state index is 12.2. The molecule has 2 aromatic rings. The second-order valence-corrected chi connectivity index (χ2v) is 6.38. The molecule has 0 unspecified atom stereocenters. The van der Waals surface area contributed by atoms with Crippen LogP contribution in [0.4, 0.5) is 5.13 Å². The molecule has 0 aromatic carbocycles. The first-order valence-electron chi connectivity index (χ1n) is 5.71. The predicted octanol–water partition coefficient (Wildman–Crippen LogP) is 1.08. The fraction of sp³-hybridized carbons (Fsp3) is 0.400. The van der Waals surface area contributed by atoms with Crippen LogP contribution in [0, 0.1) is 6.92 Å². The summed E-state index contributed by atoms with van der Waals surface area (Å²) in [4.78, 5) is 4.08. The minimum absolute atomic E-state index is 0.0707. The molecule has 19 heavy (non-hydrogen) atoms. The number of thiazole rings is 1. The van der Waals surface area contributed by atoms with Crippen molar-refractivity contribution in [3.63, 3.8) is 0 Å². The van der Waals surface area contributed by atoms with Crippen LogP contribution in [0.3, 0.4) is 0 Å². The van der Waals surface area contributed by atoms with E-state index in [1.807, 2.05) is 6.92 Å². The fourth-order valence-corrected chi connectivity index (χ4v) is 3.56. The first-order valence-corrected chi connectivity index (χ1v) is 8.07. The van der Waals surface area contributed by atoms with E-state index < -0.39 is 10.0 Å². The van der Waals surface area contributed by atoms with Gasteiger partial charge in [-0.15, -0.1) is 11.3 Å². The van der Waals surface area contributed by atoms with Gasteiger partial charge in [0.05, 0.1) is 11.9 Å². The van der Waals surface area contributed by atoms with Crippen LogP contribution in [0.5, 0.6) is 0 Å². The van der Waals surface area contributed by atoms with E-state index >= 15 is 0 Å². The molecule has 0 radical (unpaired) electrons. The molecule has 7 nitrogen and oxygen atoms in total. The van der Waals surface area contributed by atoms with E-state index in [4.69, 9.17) is 0 Å². The summed E-state index contributed by atoms with van der Waals surface area (Å²) in [7, 11) is -3.68. The maximum atomic E-state index is 12.2. The topological polar surface area (TPSA) is 99.8 Å². The van der Waals surface area contributed by atoms with E-state index in [2.05, 4.69) is 25.2 Å². The van der Waals surface area contributed by atoms with Crippen molar-refractivity contribution < 1.29 is 8.42 Å². The number of nitrogens with zero attached hydrogens (tertiary/aromatic N) is 2. The molecule has 2 rings (SSSR count). The van der Waals surface area contributed by atoms with Gasteiger partial charge in [0.2, 0.25) is 0 Å². The Morgan fingerprint density at radius 2 is 2.26 bits per heavy atom. The highest BCUT2D eigenvalue weighted by atomic mass is 32.2. The van der Waals surface area contributed by atoms with E-state index in [-0.39, 0.29) is 5.03 Å². The third-order valence-electron chi connectivity index (χ3n) is 2.35. The maximum Gasteiger partial charge on any atom is 0.280 e. The molecule has 0 aliphatic carbocycles. The number of H-pyrrole nitrogens is 1. The lowest BCUT2D eigenvalue weighted by atomic mass is 10.3. The fourth-order valence-electron chi connectivity index (χ4n) is 1.48. The predicted molar refractivity (Wildman–Crippen MR) is 73.6 cm³/mol. The van der Waals surface area contributed by atoms with Gasteiger partial charge in [-0.2, -0.15) is 13.5 Å². The lowest BCUT2D eigenvalue weighted by molar-refractivity contribution is 0.594. The normalized spacial score (nSPS) is 11.7. The number of hydrogen-bond donors (Lipinski definition) is 3. The lowest BCUT2D eigenvalue weighted by Crippen LogP contribution is -2.18. The highest BCUT2D eigenvalue weighted by Crippen LogP contribution is 2.20. The van der Waals surface area contributed by atoms with Gasteiger partial charge in [-0.3, -0.25) is 9.82 Å². The molecule has 0 amide bonds. The Kier molecular flexibility index (Phi) is 4.17. The van der Waals surface area contributed by atoms with Crippen molar-refractivity contribution >= 4 is 26.5 Å². The molecule has 104 valence electrons.